The Hall–Kier alpha value is -1.46. The van der Waals surface area contributed by atoms with Crippen molar-refractivity contribution >= 4 is 5.91 Å². The fraction of sp³-hybridized carbons (Fsp3) is 0.632. The molecule has 3 N–H and O–H groups in total. The van der Waals surface area contributed by atoms with Gasteiger partial charge >= 0.3 is 0 Å². The average molecular weight is 331 g/mol. The van der Waals surface area contributed by atoms with Crippen molar-refractivity contribution in [2.75, 3.05) is 6.54 Å². The lowest BCUT2D eigenvalue weighted by Crippen LogP contribution is -2.46. The lowest BCUT2D eigenvalue weighted by atomic mass is 9.86. The molecule has 2 saturated carbocycles. The van der Waals surface area contributed by atoms with E-state index in [-0.39, 0.29) is 17.1 Å². The molecule has 1 aromatic carbocycles. The van der Waals surface area contributed by atoms with E-state index in [1.165, 1.54) is 31.4 Å². The molecule has 5 heteroatoms. The molecule has 1 saturated heterocycles. The fourth-order valence-corrected chi connectivity index (χ4v) is 4.89. The van der Waals surface area contributed by atoms with E-state index in [9.17, 15) is 9.18 Å². The molecule has 4 unspecified atom stereocenters. The first-order valence-corrected chi connectivity index (χ1v) is 8.99. The number of hydrogen-bond donors (Lipinski definition) is 3. The molecule has 130 valence electrons. The van der Waals surface area contributed by atoms with Gasteiger partial charge in [0.15, 0.2) is 0 Å². The lowest BCUT2D eigenvalue weighted by Gasteiger charge is -2.23. The summed E-state index contributed by atoms with van der Waals surface area (Å²) >= 11 is 0. The number of amides is 1. The Labute approximate surface area is 142 Å². The van der Waals surface area contributed by atoms with Crippen molar-refractivity contribution < 1.29 is 9.18 Å². The van der Waals surface area contributed by atoms with E-state index in [1.54, 1.807) is 12.1 Å². The quantitative estimate of drug-likeness (QED) is 0.793. The molecular weight excluding hydrogens is 305 g/mol. The molecule has 2 aliphatic carbocycles. The number of halogens is 1. The van der Waals surface area contributed by atoms with Crippen LogP contribution in [0.15, 0.2) is 24.3 Å². The van der Waals surface area contributed by atoms with Gasteiger partial charge in [0, 0.05) is 18.6 Å². The molecule has 3 aliphatic rings. The molecule has 1 aliphatic heterocycles. The summed E-state index contributed by atoms with van der Waals surface area (Å²) in [7, 11) is 0. The summed E-state index contributed by atoms with van der Waals surface area (Å²) in [5.41, 5.74) is 7.00. The fourth-order valence-electron chi connectivity index (χ4n) is 4.89. The van der Waals surface area contributed by atoms with Gasteiger partial charge in [-0.25, -0.2) is 4.39 Å². The highest BCUT2D eigenvalue weighted by Crippen LogP contribution is 2.64. The molecule has 24 heavy (non-hydrogen) atoms. The first-order chi connectivity index (χ1) is 11.4. The Morgan fingerprint density at radius 2 is 1.96 bits per heavy atom. The second kappa shape index (κ2) is 5.53. The molecule has 4 nitrogen and oxygen atoms in total. The highest BCUT2D eigenvalue weighted by Gasteiger charge is 2.67. The molecule has 0 bridgehead atoms. The Morgan fingerprint density at radius 1 is 1.25 bits per heavy atom. The van der Waals surface area contributed by atoms with Crippen LogP contribution in [0.25, 0.3) is 0 Å². The Bertz CT molecular complexity index is 645. The Kier molecular flexibility index (Phi) is 3.69. The van der Waals surface area contributed by atoms with Gasteiger partial charge in [0.25, 0.3) is 0 Å². The van der Waals surface area contributed by atoms with E-state index in [0.29, 0.717) is 24.5 Å². The van der Waals surface area contributed by atoms with Gasteiger partial charge < -0.3 is 5.32 Å². The van der Waals surface area contributed by atoms with Crippen LogP contribution in [0, 0.1) is 17.2 Å². The molecule has 4 rings (SSSR count). The normalized spacial score (nSPS) is 36.4. The van der Waals surface area contributed by atoms with Gasteiger partial charge in [-0.2, -0.15) is 0 Å². The maximum atomic E-state index is 13.3. The van der Waals surface area contributed by atoms with Gasteiger partial charge in [0.2, 0.25) is 5.91 Å². The van der Waals surface area contributed by atoms with Gasteiger partial charge in [-0.1, -0.05) is 32.4 Å². The van der Waals surface area contributed by atoms with E-state index in [1.807, 2.05) is 0 Å². The van der Waals surface area contributed by atoms with E-state index in [2.05, 4.69) is 30.0 Å². The molecular formula is C19H26FN3O. The van der Waals surface area contributed by atoms with Crippen LogP contribution in [0.4, 0.5) is 4.39 Å². The van der Waals surface area contributed by atoms with Crippen molar-refractivity contribution in [3.63, 3.8) is 0 Å². The van der Waals surface area contributed by atoms with E-state index in [4.69, 9.17) is 0 Å². The minimum Gasteiger partial charge on any atom is -0.354 e. The summed E-state index contributed by atoms with van der Waals surface area (Å²) < 4.78 is 13.3. The number of carbonyl (C=O) groups excluding carboxylic acids is 1. The summed E-state index contributed by atoms with van der Waals surface area (Å²) in [5, 5.41) is 3.17. The predicted octanol–water partition coefficient (Wildman–Crippen LogP) is 2.25. The van der Waals surface area contributed by atoms with E-state index < -0.39 is 5.41 Å². The minimum atomic E-state index is -0.526. The summed E-state index contributed by atoms with van der Waals surface area (Å²) in [5.74, 6) is 0.419. The van der Waals surface area contributed by atoms with Crippen LogP contribution in [0.3, 0.4) is 0 Å². The zero-order valence-electron chi connectivity index (χ0n) is 14.4. The van der Waals surface area contributed by atoms with Crippen LogP contribution in [-0.4, -0.2) is 24.5 Å². The van der Waals surface area contributed by atoms with Crippen molar-refractivity contribution in [1.82, 2.24) is 16.2 Å². The summed E-state index contributed by atoms with van der Waals surface area (Å²) in [4.78, 5) is 13.0. The summed E-state index contributed by atoms with van der Waals surface area (Å²) in [6.07, 6.45) is 4.51. The van der Waals surface area contributed by atoms with Crippen molar-refractivity contribution in [2.24, 2.45) is 11.3 Å². The summed E-state index contributed by atoms with van der Waals surface area (Å²) in [6, 6.07) is 7.26. The third-order valence-electron chi connectivity index (χ3n) is 6.48. The number of carbonyl (C=O) groups is 1. The molecule has 0 aromatic heterocycles. The lowest BCUT2D eigenvalue weighted by molar-refractivity contribution is -0.124. The average Bonchev–Trinajstić information content (AvgIpc) is 2.90. The molecule has 0 radical (unpaired) electrons. The smallest absolute Gasteiger partial charge is 0.231 e. The van der Waals surface area contributed by atoms with Crippen LogP contribution in [0.2, 0.25) is 0 Å². The SMILES string of the molecule is CC1(C)CC1(C(=O)NCC1NNC2CCCC21)c1ccc(F)cc1. The molecule has 3 fully saturated rings. The van der Waals surface area contributed by atoms with Crippen LogP contribution in [-0.2, 0) is 10.2 Å². The molecule has 1 heterocycles. The van der Waals surface area contributed by atoms with Gasteiger partial charge in [-0.15, -0.1) is 0 Å². The van der Waals surface area contributed by atoms with Crippen molar-refractivity contribution in [3.05, 3.63) is 35.6 Å². The molecule has 1 aromatic rings. The van der Waals surface area contributed by atoms with Gasteiger partial charge in [-0.3, -0.25) is 15.6 Å². The van der Waals surface area contributed by atoms with Crippen molar-refractivity contribution in [3.8, 4) is 0 Å². The van der Waals surface area contributed by atoms with Gasteiger partial charge in [0.05, 0.1) is 5.41 Å². The Balaban J connectivity index is 1.47. The minimum absolute atomic E-state index is 0.0716. The zero-order valence-corrected chi connectivity index (χ0v) is 14.4. The molecule has 4 atom stereocenters. The van der Waals surface area contributed by atoms with Crippen LogP contribution >= 0.6 is 0 Å². The van der Waals surface area contributed by atoms with Crippen molar-refractivity contribution in [1.29, 1.82) is 0 Å². The summed E-state index contributed by atoms with van der Waals surface area (Å²) in [6.45, 7) is 4.86. The zero-order chi connectivity index (χ0) is 16.9. The standard InChI is InChI=1S/C19H26FN3O/c1-18(2)11-19(18,12-6-8-13(20)9-7-12)17(24)21-10-16-14-4-3-5-15(14)22-23-16/h6-9,14-16,22-23H,3-5,10-11H2,1-2H3,(H,21,24). The van der Waals surface area contributed by atoms with Crippen LogP contribution < -0.4 is 16.2 Å². The maximum Gasteiger partial charge on any atom is 0.231 e. The van der Waals surface area contributed by atoms with Crippen LogP contribution in [0.5, 0.6) is 0 Å². The largest absolute Gasteiger partial charge is 0.354 e. The van der Waals surface area contributed by atoms with Gasteiger partial charge in [-0.05, 0) is 48.3 Å². The number of hydrazine groups is 1. The van der Waals surface area contributed by atoms with E-state index in [0.717, 1.165) is 12.0 Å². The monoisotopic (exact) mass is 331 g/mol. The first kappa shape index (κ1) is 16.0. The molecule has 0 spiro atoms. The third-order valence-corrected chi connectivity index (χ3v) is 6.48. The van der Waals surface area contributed by atoms with Crippen molar-refractivity contribution in [2.45, 2.75) is 57.0 Å². The van der Waals surface area contributed by atoms with E-state index >= 15 is 0 Å². The predicted molar refractivity (Wildman–Crippen MR) is 90.7 cm³/mol. The second-order valence-corrected chi connectivity index (χ2v) is 8.28. The number of hydrogen-bond acceptors (Lipinski definition) is 3. The number of fused-ring (bicyclic) bond motifs is 1. The van der Waals surface area contributed by atoms with Gasteiger partial charge in [0.1, 0.15) is 5.82 Å². The number of nitrogens with one attached hydrogen (secondary N) is 3. The third kappa shape index (κ3) is 2.37. The maximum absolute atomic E-state index is 13.3. The highest BCUT2D eigenvalue weighted by atomic mass is 19.1. The first-order valence-electron chi connectivity index (χ1n) is 8.99. The Morgan fingerprint density at radius 3 is 2.62 bits per heavy atom. The highest BCUT2D eigenvalue weighted by molar-refractivity contribution is 5.93. The topological polar surface area (TPSA) is 53.2 Å². The molecule has 1 amide bonds. The number of benzene rings is 1. The second-order valence-electron chi connectivity index (χ2n) is 8.28. The number of rotatable bonds is 4. The van der Waals surface area contributed by atoms with Crippen LogP contribution in [0.1, 0.15) is 45.1 Å².